The third-order valence-electron chi connectivity index (χ3n) is 5.61. The van der Waals surface area contributed by atoms with Crippen LogP contribution in [0.2, 0.25) is 0 Å². The summed E-state index contributed by atoms with van der Waals surface area (Å²) in [5.41, 5.74) is 0.885. The molecule has 2 saturated carbocycles. The molecule has 0 amide bonds. The molecule has 2 fully saturated rings. The van der Waals surface area contributed by atoms with Gasteiger partial charge in [-0.25, -0.2) is 0 Å². The minimum absolute atomic E-state index is 0.411. The summed E-state index contributed by atoms with van der Waals surface area (Å²) in [5, 5.41) is 0. The van der Waals surface area contributed by atoms with Gasteiger partial charge in [0.05, 0.1) is 12.7 Å². The number of thiol groups is 1. The third-order valence-corrected chi connectivity index (χ3v) is 6.23. The fourth-order valence-electron chi connectivity index (χ4n) is 3.72. The first-order valence-electron chi connectivity index (χ1n) is 6.64. The van der Waals surface area contributed by atoms with Gasteiger partial charge >= 0.3 is 0 Å². The zero-order chi connectivity index (χ0) is 12.0. The molecule has 0 heterocycles. The van der Waals surface area contributed by atoms with Gasteiger partial charge in [-0.3, -0.25) is 0 Å². The molecule has 4 unspecified atom stereocenters. The highest BCUT2D eigenvalue weighted by atomic mass is 32.1. The van der Waals surface area contributed by atoms with Gasteiger partial charge in [0.1, 0.15) is 0 Å². The van der Waals surface area contributed by atoms with Crippen molar-refractivity contribution in [3.8, 4) is 0 Å². The molecular formula is C14H26OS. The number of hydrogen-bond donors (Lipinski definition) is 1. The van der Waals surface area contributed by atoms with Gasteiger partial charge in [-0.05, 0) is 47.7 Å². The molecule has 0 aromatic heterocycles. The van der Waals surface area contributed by atoms with Gasteiger partial charge in [0.15, 0.2) is 0 Å². The van der Waals surface area contributed by atoms with Crippen molar-refractivity contribution in [2.75, 3.05) is 12.4 Å². The van der Waals surface area contributed by atoms with E-state index in [4.69, 9.17) is 4.74 Å². The van der Waals surface area contributed by atoms with Gasteiger partial charge in [-0.2, -0.15) is 12.6 Å². The first kappa shape index (κ1) is 12.8. The van der Waals surface area contributed by atoms with Gasteiger partial charge < -0.3 is 4.74 Å². The average Bonchev–Trinajstić information content (AvgIpc) is 2.58. The summed E-state index contributed by atoms with van der Waals surface area (Å²) >= 11 is 4.32. The zero-order valence-electron chi connectivity index (χ0n) is 11.1. The van der Waals surface area contributed by atoms with E-state index in [0.29, 0.717) is 22.9 Å². The van der Waals surface area contributed by atoms with Crippen LogP contribution < -0.4 is 0 Å². The molecule has 0 N–H and O–H groups in total. The van der Waals surface area contributed by atoms with Crippen molar-refractivity contribution in [3.05, 3.63) is 0 Å². The topological polar surface area (TPSA) is 9.23 Å². The Morgan fingerprint density at radius 1 is 1.38 bits per heavy atom. The average molecular weight is 242 g/mol. The lowest BCUT2D eigenvalue weighted by Gasteiger charge is -2.39. The first-order chi connectivity index (χ1) is 7.41. The van der Waals surface area contributed by atoms with Gasteiger partial charge in [0, 0.05) is 0 Å². The Balaban J connectivity index is 1.99. The summed E-state index contributed by atoms with van der Waals surface area (Å²) in [7, 11) is 0. The molecular weight excluding hydrogens is 216 g/mol. The van der Waals surface area contributed by atoms with Crippen LogP contribution in [0, 0.1) is 22.7 Å². The zero-order valence-corrected chi connectivity index (χ0v) is 12.0. The maximum atomic E-state index is 6.18. The van der Waals surface area contributed by atoms with E-state index in [9.17, 15) is 0 Å². The Morgan fingerprint density at radius 2 is 2.06 bits per heavy atom. The van der Waals surface area contributed by atoms with Crippen molar-refractivity contribution < 1.29 is 4.74 Å². The van der Waals surface area contributed by atoms with Crippen molar-refractivity contribution in [2.24, 2.45) is 22.7 Å². The maximum absolute atomic E-state index is 6.18. The molecule has 16 heavy (non-hydrogen) atoms. The van der Waals surface area contributed by atoms with Crippen molar-refractivity contribution in [1.29, 1.82) is 0 Å². The molecule has 1 nitrogen and oxygen atoms in total. The normalized spacial score (nSPS) is 42.6. The van der Waals surface area contributed by atoms with E-state index in [1.165, 1.54) is 19.3 Å². The Labute approximate surface area is 106 Å². The van der Waals surface area contributed by atoms with E-state index in [1.807, 2.05) is 0 Å². The molecule has 2 aliphatic carbocycles. The van der Waals surface area contributed by atoms with Crippen LogP contribution in [0.4, 0.5) is 0 Å². The standard InChI is InChI=1S/C14H26OS/c1-10(9-16)8-15-12-7-11-5-6-14(12,4)13(11,2)3/h10-12,16H,5-9H2,1-4H3. The largest absolute Gasteiger partial charge is 0.377 e. The maximum Gasteiger partial charge on any atom is 0.0636 e. The van der Waals surface area contributed by atoms with Crippen LogP contribution in [0.25, 0.3) is 0 Å². The Kier molecular flexibility index (Phi) is 3.35. The summed E-state index contributed by atoms with van der Waals surface area (Å²) in [6.45, 7) is 10.4. The second-order valence-corrected chi connectivity index (χ2v) is 7.09. The summed E-state index contributed by atoms with van der Waals surface area (Å²) in [5.74, 6) is 2.39. The van der Waals surface area contributed by atoms with Crippen molar-refractivity contribution in [2.45, 2.75) is 53.1 Å². The summed E-state index contributed by atoms with van der Waals surface area (Å²) in [6, 6.07) is 0. The van der Waals surface area contributed by atoms with Crippen LogP contribution in [0.1, 0.15) is 47.0 Å². The van der Waals surface area contributed by atoms with Crippen LogP contribution >= 0.6 is 12.6 Å². The van der Waals surface area contributed by atoms with Crippen molar-refractivity contribution >= 4 is 12.6 Å². The van der Waals surface area contributed by atoms with Crippen LogP contribution in [-0.4, -0.2) is 18.5 Å². The Hall–Kier alpha value is 0.310. The molecule has 0 aromatic rings. The number of ether oxygens (including phenoxy) is 1. The van der Waals surface area contributed by atoms with Crippen LogP contribution in [0.3, 0.4) is 0 Å². The Bertz CT molecular complexity index is 263. The second-order valence-electron chi connectivity index (χ2n) is 6.72. The lowest BCUT2D eigenvalue weighted by molar-refractivity contribution is -0.0547. The van der Waals surface area contributed by atoms with E-state index in [0.717, 1.165) is 18.3 Å². The molecule has 2 rings (SSSR count). The van der Waals surface area contributed by atoms with Crippen molar-refractivity contribution in [1.82, 2.24) is 0 Å². The monoisotopic (exact) mass is 242 g/mol. The lowest BCUT2D eigenvalue weighted by Crippen LogP contribution is -2.37. The Morgan fingerprint density at radius 3 is 2.50 bits per heavy atom. The highest BCUT2D eigenvalue weighted by molar-refractivity contribution is 7.80. The lowest BCUT2D eigenvalue weighted by atomic mass is 9.70. The summed E-state index contributed by atoms with van der Waals surface area (Å²) < 4.78 is 6.18. The molecule has 2 heteroatoms. The van der Waals surface area contributed by atoms with E-state index in [-0.39, 0.29) is 0 Å². The van der Waals surface area contributed by atoms with Crippen LogP contribution in [0.15, 0.2) is 0 Å². The number of rotatable bonds is 4. The molecule has 4 atom stereocenters. The van der Waals surface area contributed by atoms with Gasteiger partial charge in [0.2, 0.25) is 0 Å². The van der Waals surface area contributed by atoms with E-state index < -0.39 is 0 Å². The highest BCUT2D eigenvalue weighted by Gasteiger charge is 2.61. The third kappa shape index (κ3) is 1.73. The van der Waals surface area contributed by atoms with Crippen LogP contribution in [0.5, 0.6) is 0 Å². The van der Waals surface area contributed by atoms with Crippen LogP contribution in [-0.2, 0) is 4.74 Å². The number of hydrogen-bond acceptors (Lipinski definition) is 2. The molecule has 0 aliphatic heterocycles. The summed E-state index contributed by atoms with van der Waals surface area (Å²) in [4.78, 5) is 0. The van der Waals surface area contributed by atoms with E-state index >= 15 is 0 Å². The SMILES string of the molecule is CC(CS)COC1CC2CCC1(C)C2(C)C. The predicted molar refractivity (Wildman–Crippen MR) is 72.0 cm³/mol. The van der Waals surface area contributed by atoms with E-state index in [1.54, 1.807) is 0 Å². The quantitative estimate of drug-likeness (QED) is 0.738. The molecule has 2 aliphatic rings. The molecule has 0 spiro atoms. The molecule has 2 bridgehead atoms. The molecule has 0 saturated heterocycles. The first-order valence-corrected chi connectivity index (χ1v) is 7.27. The van der Waals surface area contributed by atoms with Gasteiger partial charge in [-0.1, -0.05) is 27.7 Å². The number of fused-ring (bicyclic) bond motifs is 2. The van der Waals surface area contributed by atoms with Crippen molar-refractivity contribution in [3.63, 3.8) is 0 Å². The molecule has 0 radical (unpaired) electrons. The fourth-order valence-corrected chi connectivity index (χ4v) is 3.82. The molecule has 0 aromatic carbocycles. The second kappa shape index (κ2) is 4.20. The predicted octanol–water partition coefficient (Wildman–Crippen LogP) is 3.78. The van der Waals surface area contributed by atoms with Gasteiger partial charge in [-0.15, -0.1) is 0 Å². The van der Waals surface area contributed by atoms with E-state index in [2.05, 4.69) is 40.3 Å². The van der Waals surface area contributed by atoms with Gasteiger partial charge in [0.25, 0.3) is 0 Å². The fraction of sp³-hybridized carbons (Fsp3) is 1.00. The summed E-state index contributed by atoms with van der Waals surface area (Å²) in [6.07, 6.45) is 4.53. The highest BCUT2D eigenvalue weighted by Crippen LogP contribution is 2.66. The minimum Gasteiger partial charge on any atom is -0.377 e. The molecule has 94 valence electrons. The minimum atomic E-state index is 0.411. The smallest absolute Gasteiger partial charge is 0.0636 e.